The second kappa shape index (κ2) is 5.48. The van der Waals surface area contributed by atoms with E-state index in [0.717, 1.165) is 10.2 Å². The van der Waals surface area contributed by atoms with Crippen molar-refractivity contribution in [2.45, 2.75) is 11.8 Å². The third-order valence-electron chi connectivity index (χ3n) is 5.45. The van der Waals surface area contributed by atoms with E-state index in [0.29, 0.717) is 27.8 Å². The normalized spacial score (nSPS) is 19.9. The molecular formula is C20H12FN5O2S. The number of benzene rings is 2. The number of rotatable bonds is 1. The van der Waals surface area contributed by atoms with Gasteiger partial charge in [0.25, 0.3) is 0 Å². The van der Waals surface area contributed by atoms with E-state index in [1.54, 1.807) is 6.20 Å². The fraction of sp³-hybridized carbons (Fsp3) is 0.100. The Labute approximate surface area is 167 Å². The van der Waals surface area contributed by atoms with E-state index in [4.69, 9.17) is 0 Å². The molecule has 2 N–H and O–H groups in total. The van der Waals surface area contributed by atoms with Gasteiger partial charge in [0.1, 0.15) is 17.1 Å². The average Bonchev–Trinajstić information content (AvgIpc) is 3.37. The van der Waals surface area contributed by atoms with E-state index in [1.807, 2.05) is 24.3 Å². The number of nitrogens with one attached hydrogen (secondary N) is 2. The van der Waals surface area contributed by atoms with Gasteiger partial charge in [-0.1, -0.05) is 23.5 Å². The number of anilines is 2. The summed E-state index contributed by atoms with van der Waals surface area (Å²) >= 11 is 1.43. The summed E-state index contributed by atoms with van der Waals surface area (Å²) in [5.41, 5.74) is 0.981. The maximum atomic E-state index is 14.0. The van der Waals surface area contributed by atoms with Crippen molar-refractivity contribution in [3.8, 4) is 5.13 Å². The molecule has 29 heavy (non-hydrogen) atoms. The molecule has 2 aromatic heterocycles. The Morgan fingerprint density at radius 3 is 2.83 bits per heavy atom. The van der Waals surface area contributed by atoms with Crippen LogP contribution in [0.2, 0.25) is 0 Å². The summed E-state index contributed by atoms with van der Waals surface area (Å²) in [6, 6.07) is 11.8. The third-order valence-corrected chi connectivity index (χ3v) is 6.47. The summed E-state index contributed by atoms with van der Waals surface area (Å²) in [5.74, 6) is -0.788. The molecule has 0 saturated heterocycles. The van der Waals surface area contributed by atoms with Crippen molar-refractivity contribution >= 4 is 44.9 Å². The maximum absolute atomic E-state index is 14.0. The molecule has 0 bridgehead atoms. The predicted octanol–water partition coefficient (Wildman–Crippen LogP) is 3.20. The second-order valence-corrected chi connectivity index (χ2v) is 8.07. The van der Waals surface area contributed by atoms with Crippen LogP contribution in [0, 0.1) is 5.82 Å². The number of para-hydroxylation sites is 1. The highest BCUT2D eigenvalue weighted by molar-refractivity contribution is 7.20. The van der Waals surface area contributed by atoms with Gasteiger partial charge in [-0.05, 0) is 35.9 Å². The molecule has 2 aliphatic heterocycles. The van der Waals surface area contributed by atoms with Gasteiger partial charge in [-0.3, -0.25) is 9.59 Å². The van der Waals surface area contributed by atoms with Crippen molar-refractivity contribution in [2.24, 2.45) is 0 Å². The Kier molecular flexibility index (Phi) is 3.09. The van der Waals surface area contributed by atoms with Crippen LogP contribution in [0.4, 0.5) is 15.9 Å². The van der Waals surface area contributed by atoms with E-state index in [-0.39, 0.29) is 18.2 Å². The van der Waals surface area contributed by atoms with Gasteiger partial charge in [0.05, 0.1) is 16.4 Å². The molecule has 1 atom stereocenters. The summed E-state index contributed by atoms with van der Waals surface area (Å²) in [5, 5.41) is 10.6. The van der Waals surface area contributed by atoms with Gasteiger partial charge >= 0.3 is 0 Å². The molecule has 4 heterocycles. The number of aromatic nitrogens is 3. The topological polar surface area (TPSA) is 88.9 Å². The van der Waals surface area contributed by atoms with Gasteiger partial charge in [-0.2, -0.15) is 9.78 Å². The number of carbonyl (C=O) groups is 2. The minimum Gasteiger partial charge on any atom is -0.325 e. The van der Waals surface area contributed by atoms with E-state index in [1.165, 1.54) is 34.2 Å². The Balaban J connectivity index is 1.60. The van der Waals surface area contributed by atoms with E-state index < -0.39 is 11.2 Å². The molecule has 7 nitrogen and oxygen atoms in total. The van der Waals surface area contributed by atoms with Crippen LogP contribution in [0.3, 0.4) is 0 Å². The molecule has 1 unspecified atom stereocenters. The molecule has 0 aliphatic carbocycles. The lowest BCUT2D eigenvalue weighted by Gasteiger charge is -2.31. The molecule has 1 spiro atoms. The van der Waals surface area contributed by atoms with Crippen LogP contribution in [-0.2, 0) is 15.0 Å². The van der Waals surface area contributed by atoms with Gasteiger partial charge in [0, 0.05) is 17.7 Å². The highest BCUT2D eigenvalue weighted by Crippen LogP contribution is 2.50. The highest BCUT2D eigenvalue weighted by atomic mass is 32.1. The molecule has 2 aliphatic rings. The van der Waals surface area contributed by atoms with Crippen LogP contribution in [-0.4, -0.2) is 26.6 Å². The maximum Gasteiger partial charge on any atom is 0.240 e. The fourth-order valence-electron chi connectivity index (χ4n) is 4.16. The standard InChI is InChI=1S/C20H12FN5O2S/c21-10-5-6-13-11(7-10)20(18(28)23-13)8-16(27)25-17-12(20)9-22-26(17)19-24-14-3-1-2-4-15(14)29-19/h1-7,9H,8H2,(H,23,28)(H,25,27). The van der Waals surface area contributed by atoms with Crippen LogP contribution in [0.25, 0.3) is 15.3 Å². The Bertz CT molecular complexity index is 1330. The van der Waals surface area contributed by atoms with Gasteiger partial charge in [-0.25, -0.2) is 9.37 Å². The molecule has 2 aromatic carbocycles. The first-order valence-electron chi connectivity index (χ1n) is 8.92. The molecule has 0 fully saturated rings. The van der Waals surface area contributed by atoms with Crippen LogP contribution in [0.5, 0.6) is 0 Å². The fourth-order valence-corrected chi connectivity index (χ4v) is 5.09. The van der Waals surface area contributed by atoms with Crippen molar-refractivity contribution in [3.63, 3.8) is 0 Å². The molecular weight excluding hydrogens is 393 g/mol. The lowest BCUT2D eigenvalue weighted by molar-refractivity contribution is -0.125. The SMILES string of the molecule is O=C1CC2(C(=O)Nc3ccc(F)cc32)c2cnn(-c3nc4ccccc4s3)c2N1. The number of fused-ring (bicyclic) bond motifs is 5. The Hall–Kier alpha value is -3.59. The molecule has 9 heteroatoms. The zero-order chi connectivity index (χ0) is 19.8. The Morgan fingerprint density at radius 2 is 1.97 bits per heavy atom. The molecule has 2 amide bonds. The quantitative estimate of drug-likeness (QED) is 0.509. The van der Waals surface area contributed by atoms with Crippen molar-refractivity contribution < 1.29 is 14.0 Å². The first-order valence-corrected chi connectivity index (χ1v) is 9.74. The smallest absolute Gasteiger partial charge is 0.240 e. The second-order valence-electron chi connectivity index (χ2n) is 7.06. The van der Waals surface area contributed by atoms with Crippen molar-refractivity contribution in [1.29, 1.82) is 0 Å². The number of hydrogen-bond donors (Lipinski definition) is 2. The largest absolute Gasteiger partial charge is 0.325 e. The number of carbonyl (C=O) groups excluding carboxylic acids is 2. The minimum atomic E-state index is -1.32. The van der Waals surface area contributed by atoms with Crippen LogP contribution in [0.1, 0.15) is 17.5 Å². The molecule has 6 rings (SSSR count). The van der Waals surface area contributed by atoms with E-state index >= 15 is 0 Å². The monoisotopic (exact) mass is 405 g/mol. The third kappa shape index (κ3) is 2.10. The summed E-state index contributed by atoms with van der Waals surface area (Å²) < 4.78 is 16.5. The van der Waals surface area contributed by atoms with E-state index in [2.05, 4.69) is 20.7 Å². The van der Waals surface area contributed by atoms with Crippen LogP contribution >= 0.6 is 11.3 Å². The molecule has 4 aromatic rings. The molecule has 0 saturated carbocycles. The van der Waals surface area contributed by atoms with Crippen molar-refractivity contribution in [3.05, 3.63) is 65.6 Å². The highest BCUT2D eigenvalue weighted by Gasteiger charge is 2.54. The average molecular weight is 405 g/mol. The van der Waals surface area contributed by atoms with Crippen LogP contribution < -0.4 is 10.6 Å². The summed E-state index contributed by atoms with van der Waals surface area (Å²) in [6.45, 7) is 0. The van der Waals surface area contributed by atoms with Gasteiger partial charge in [0.15, 0.2) is 0 Å². The van der Waals surface area contributed by atoms with Crippen molar-refractivity contribution in [2.75, 3.05) is 10.6 Å². The minimum absolute atomic E-state index is 0.117. The Morgan fingerprint density at radius 1 is 1.10 bits per heavy atom. The van der Waals surface area contributed by atoms with Gasteiger partial charge in [0.2, 0.25) is 16.9 Å². The zero-order valence-electron chi connectivity index (χ0n) is 14.8. The number of hydrogen-bond acceptors (Lipinski definition) is 5. The van der Waals surface area contributed by atoms with Crippen LogP contribution in [0.15, 0.2) is 48.7 Å². The lowest BCUT2D eigenvalue weighted by Crippen LogP contribution is -2.43. The van der Waals surface area contributed by atoms with Gasteiger partial charge < -0.3 is 10.6 Å². The van der Waals surface area contributed by atoms with Gasteiger partial charge in [-0.15, -0.1) is 0 Å². The number of halogens is 1. The summed E-state index contributed by atoms with van der Waals surface area (Å²) in [4.78, 5) is 30.3. The first-order chi connectivity index (χ1) is 14.1. The number of thiazole rings is 1. The number of nitrogens with zero attached hydrogens (tertiary/aromatic N) is 3. The van der Waals surface area contributed by atoms with E-state index in [9.17, 15) is 14.0 Å². The number of amides is 2. The lowest BCUT2D eigenvalue weighted by atomic mass is 9.72. The predicted molar refractivity (Wildman–Crippen MR) is 106 cm³/mol. The summed E-state index contributed by atoms with van der Waals surface area (Å²) in [6.07, 6.45) is 1.44. The zero-order valence-corrected chi connectivity index (χ0v) is 15.6. The first kappa shape index (κ1) is 16.4. The molecule has 0 radical (unpaired) electrons. The summed E-state index contributed by atoms with van der Waals surface area (Å²) in [7, 11) is 0. The van der Waals surface area contributed by atoms with Crippen molar-refractivity contribution in [1.82, 2.24) is 14.8 Å². The molecule has 142 valence electrons.